The number of thiazole rings is 1. The van der Waals surface area contributed by atoms with Gasteiger partial charge in [0.15, 0.2) is 4.21 Å². The van der Waals surface area contributed by atoms with Gasteiger partial charge < -0.3 is 4.98 Å². The molecule has 8 heteroatoms. The van der Waals surface area contributed by atoms with E-state index in [0.717, 1.165) is 11.3 Å². The van der Waals surface area contributed by atoms with Crippen LogP contribution in [0.3, 0.4) is 0 Å². The number of anilines is 1. The minimum absolute atomic E-state index is 0.177. The molecule has 6 nitrogen and oxygen atoms in total. The first-order valence-corrected chi connectivity index (χ1v) is 6.32. The van der Waals surface area contributed by atoms with E-state index in [-0.39, 0.29) is 10.2 Å². The minimum atomic E-state index is -3.55. The van der Waals surface area contributed by atoms with Crippen molar-refractivity contribution in [2.75, 3.05) is 4.72 Å². The summed E-state index contributed by atoms with van der Waals surface area (Å²) in [4.78, 5) is 10.3. The highest BCUT2D eigenvalue weighted by molar-refractivity contribution is 7.94. The molecule has 0 aliphatic heterocycles. The van der Waals surface area contributed by atoms with Crippen LogP contribution in [0, 0.1) is 6.92 Å². The summed E-state index contributed by atoms with van der Waals surface area (Å²) in [7, 11) is -3.55. The third kappa shape index (κ3) is 2.16. The van der Waals surface area contributed by atoms with Gasteiger partial charge in [-0.25, -0.2) is 23.1 Å². The Bertz CT molecular complexity index is 543. The Kier molecular flexibility index (Phi) is 2.45. The number of hydrogen-bond donors (Lipinski definition) is 2. The maximum atomic E-state index is 11.7. The van der Waals surface area contributed by atoms with Gasteiger partial charge in [-0.1, -0.05) is 0 Å². The standard InChI is InChI=1S/C7H8N4O2S2/c1-5-10-4-6(14-5)15(12,13)11-7-8-2-3-9-7/h2-4H,1H3,(H2,8,9,11). The predicted molar refractivity (Wildman–Crippen MR) is 56.2 cm³/mol. The van der Waals surface area contributed by atoms with E-state index in [1.807, 2.05) is 0 Å². The molecule has 0 aromatic carbocycles. The van der Waals surface area contributed by atoms with E-state index < -0.39 is 10.0 Å². The number of hydrogen-bond acceptors (Lipinski definition) is 5. The van der Waals surface area contributed by atoms with Gasteiger partial charge in [-0.3, -0.25) is 0 Å². The number of aromatic nitrogens is 3. The van der Waals surface area contributed by atoms with E-state index in [2.05, 4.69) is 19.7 Å². The molecule has 0 spiro atoms. The third-order valence-corrected chi connectivity index (χ3v) is 4.31. The first-order chi connectivity index (χ1) is 7.08. The van der Waals surface area contributed by atoms with Crippen LogP contribution >= 0.6 is 11.3 Å². The molecule has 0 atom stereocenters. The lowest BCUT2D eigenvalue weighted by Crippen LogP contribution is -2.12. The summed E-state index contributed by atoms with van der Waals surface area (Å²) < 4.78 is 25.9. The molecule has 2 rings (SSSR count). The molecule has 2 aromatic heterocycles. The van der Waals surface area contributed by atoms with Crippen molar-refractivity contribution in [2.24, 2.45) is 0 Å². The van der Waals surface area contributed by atoms with Crippen molar-refractivity contribution in [3.8, 4) is 0 Å². The molecule has 0 aliphatic carbocycles. The van der Waals surface area contributed by atoms with Crippen LogP contribution in [-0.4, -0.2) is 23.4 Å². The van der Waals surface area contributed by atoms with Gasteiger partial charge in [-0.15, -0.1) is 11.3 Å². The number of H-pyrrole nitrogens is 1. The van der Waals surface area contributed by atoms with Crippen molar-refractivity contribution >= 4 is 27.3 Å². The second kappa shape index (κ2) is 3.63. The van der Waals surface area contributed by atoms with E-state index in [4.69, 9.17) is 0 Å². The molecule has 2 heterocycles. The average Bonchev–Trinajstić information content (AvgIpc) is 2.75. The Morgan fingerprint density at radius 2 is 2.27 bits per heavy atom. The molecule has 0 saturated heterocycles. The van der Waals surface area contributed by atoms with Crippen molar-refractivity contribution in [1.29, 1.82) is 0 Å². The molecule has 0 bridgehead atoms. The number of imidazole rings is 1. The fraction of sp³-hybridized carbons (Fsp3) is 0.143. The van der Waals surface area contributed by atoms with E-state index in [1.54, 1.807) is 6.92 Å². The van der Waals surface area contributed by atoms with Crippen LogP contribution in [0.15, 0.2) is 22.8 Å². The minimum Gasteiger partial charge on any atom is -0.330 e. The SMILES string of the molecule is Cc1ncc(S(=O)(=O)Nc2ncc[nH]2)s1. The van der Waals surface area contributed by atoms with Crippen LogP contribution in [0.4, 0.5) is 5.95 Å². The molecular weight excluding hydrogens is 236 g/mol. The van der Waals surface area contributed by atoms with E-state index in [1.165, 1.54) is 18.6 Å². The molecule has 0 aliphatic rings. The highest BCUT2D eigenvalue weighted by Gasteiger charge is 2.17. The highest BCUT2D eigenvalue weighted by Crippen LogP contribution is 2.19. The second-order valence-electron chi connectivity index (χ2n) is 2.74. The smallest absolute Gasteiger partial charge is 0.275 e. The monoisotopic (exact) mass is 244 g/mol. The maximum absolute atomic E-state index is 11.7. The molecule has 80 valence electrons. The number of nitrogens with one attached hydrogen (secondary N) is 2. The number of nitrogens with zero attached hydrogens (tertiary/aromatic N) is 2. The Morgan fingerprint density at radius 3 is 2.80 bits per heavy atom. The molecule has 0 radical (unpaired) electrons. The van der Waals surface area contributed by atoms with Crippen molar-refractivity contribution in [1.82, 2.24) is 15.0 Å². The maximum Gasteiger partial charge on any atom is 0.275 e. The lowest BCUT2D eigenvalue weighted by molar-refractivity contribution is 0.602. The lowest BCUT2D eigenvalue weighted by Gasteiger charge is -2.00. The summed E-state index contributed by atoms with van der Waals surface area (Å²) in [6.07, 6.45) is 4.33. The fourth-order valence-electron chi connectivity index (χ4n) is 0.965. The van der Waals surface area contributed by atoms with Crippen LogP contribution in [-0.2, 0) is 10.0 Å². The quantitative estimate of drug-likeness (QED) is 0.842. The zero-order chi connectivity index (χ0) is 10.9. The van der Waals surface area contributed by atoms with Gasteiger partial charge >= 0.3 is 0 Å². The summed E-state index contributed by atoms with van der Waals surface area (Å²) in [5.74, 6) is 0.195. The second-order valence-corrected chi connectivity index (χ2v) is 5.89. The van der Waals surface area contributed by atoms with Crippen LogP contribution in [0.5, 0.6) is 0 Å². The van der Waals surface area contributed by atoms with Crippen molar-refractivity contribution in [3.63, 3.8) is 0 Å². The molecule has 15 heavy (non-hydrogen) atoms. The van der Waals surface area contributed by atoms with Crippen LogP contribution in [0.25, 0.3) is 0 Å². The van der Waals surface area contributed by atoms with Gasteiger partial charge in [0.2, 0.25) is 5.95 Å². The number of aromatic amines is 1. The molecular formula is C7H8N4O2S2. The number of sulfonamides is 1. The van der Waals surface area contributed by atoms with E-state index in [9.17, 15) is 8.42 Å². The molecule has 2 N–H and O–H groups in total. The first-order valence-electron chi connectivity index (χ1n) is 4.02. The van der Waals surface area contributed by atoms with E-state index >= 15 is 0 Å². The Morgan fingerprint density at radius 1 is 1.47 bits per heavy atom. The Hall–Kier alpha value is -1.41. The topological polar surface area (TPSA) is 87.7 Å². The summed E-state index contributed by atoms with van der Waals surface area (Å²) >= 11 is 1.11. The summed E-state index contributed by atoms with van der Waals surface area (Å²) in [6, 6.07) is 0. The van der Waals surface area contributed by atoms with E-state index in [0.29, 0.717) is 5.01 Å². The summed E-state index contributed by atoms with van der Waals surface area (Å²) in [5, 5.41) is 0.704. The predicted octanol–water partition coefficient (Wildman–Crippen LogP) is 0.975. The van der Waals surface area contributed by atoms with Crippen molar-refractivity contribution in [3.05, 3.63) is 23.6 Å². The average molecular weight is 244 g/mol. The first kappa shape index (κ1) is 10.1. The van der Waals surface area contributed by atoms with Gasteiger partial charge in [0.05, 0.1) is 11.2 Å². The van der Waals surface area contributed by atoms with Crippen LogP contribution in [0.1, 0.15) is 5.01 Å². The van der Waals surface area contributed by atoms with Gasteiger partial charge in [0, 0.05) is 12.4 Å². The van der Waals surface area contributed by atoms with Gasteiger partial charge in [-0.05, 0) is 6.92 Å². The Labute approximate surface area is 90.5 Å². The van der Waals surface area contributed by atoms with Crippen molar-refractivity contribution in [2.45, 2.75) is 11.1 Å². The summed E-state index contributed by atoms with van der Waals surface area (Å²) in [6.45, 7) is 1.75. The molecule has 0 unspecified atom stereocenters. The van der Waals surface area contributed by atoms with Crippen LogP contribution < -0.4 is 4.72 Å². The van der Waals surface area contributed by atoms with Gasteiger partial charge in [-0.2, -0.15) is 0 Å². The van der Waals surface area contributed by atoms with Crippen molar-refractivity contribution < 1.29 is 8.42 Å². The molecule has 0 saturated carbocycles. The van der Waals surface area contributed by atoms with Crippen LogP contribution in [0.2, 0.25) is 0 Å². The van der Waals surface area contributed by atoms with Gasteiger partial charge in [0.1, 0.15) is 0 Å². The number of aryl methyl sites for hydroxylation is 1. The molecule has 0 fully saturated rings. The largest absolute Gasteiger partial charge is 0.330 e. The Balaban J connectivity index is 2.28. The zero-order valence-electron chi connectivity index (χ0n) is 7.76. The van der Waals surface area contributed by atoms with Gasteiger partial charge in [0.25, 0.3) is 10.0 Å². The lowest BCUT2D eigenvalue weighted by atomic mass is 10.8. The third-order valence-electron chi connectivity index (χ3n) is 1.59. The molecule has 0 amide bonds. The normalized spacial score (nSPS) is 11.5. The molecule has 2 aromatic rings. The number of rotatable bonds is 3. The summed E-state index contributed by atoms with van der Waals surface area (Å²) in [5.41, 5.74) is 0. The highest BCUT2D eigenvalue weighted by atomic mass is 32.2. The fourth-order valence-corrected chi connectivity index (χ4v) is 3.05. The zero-order valence-corrected chi connectivity index (χ0v) is 9.39.